The van der Waals surface area contributed by atoms with Crippen molar-refractivity contribution in [2.45, 2.75) is 139 Å². The second-order valence-corrected chi connectivity index (χ2v) is 13.1. The Hall–Kier alpha value is -1.15. The topological polar surface area (TPSA) is 77.4 Å². The fraction of sp³-hybridized carbons (Fsp3) is 0.778. The lowest BCUT2D eigenvalue weighted by atomic mass is 9.61. The van der Waals surface area contributed by atoms with Gasteiger partial charge in [-0.3, -0.25) is 0 Å². The Morgan fingerprint density at radius 3 is 1.11 bits per heavy atom. The number of hydrogen-bond acceptors (Lipinski definition) is 6. The maximum absolute atomic E-state index is 8.44. The molecule has 2 N–H and O–H groups in total. The lowest BCUT2D eigenvalue weighted by molar-refractivity contribution is 0.00578. The molecule has 0 aliphatic carbocycles. The van der Waals surface area contributed by atoms with Crippen LogP contribution in [-0.4, -0.2) is 42.6 Å². The predicted octanol–water partition coefficient (Wildman–Crippen LogP) is 7.79. The minimum atomic E-state index is -1.20. The molecule has 0 atom stereocenters. The Balaban J connectivity index is -0.000000456. The average molecular weight is 510 g/mol. The van der Waals surface area contributed by atoms with Gasteiger partial charge < -0.3 is 28.7 Å². The highest BCUT2D eigenvalue weighted by Crippen LogP contribution is 2.44. The van der Waals surface area contributed by atoms with Crippen molar-refractivity contribution in [3.63, 3.8) is 0 Å². The van der Waals surface area contributed by atoms with E-state index in [9.17, 15) is 0 Å². The molecule has 0 radical (unpaired) electrons. The van der Waals surface area contributed by atoms with Gasteiger partial charge in [0.15, 0.2) is 0 Å². The van der Waals surface area contributed by atoms with Crippen LogP contribution in [-0.2, 0) is 9.31 Å². The van der Waals surface area contributed by atoms with Gasteiger partial charge in [0.2, 0.25) is 0 Å². The largest absolute Gasteiger partial charge is 0.600 e. The molecule has 210 valence electrons. The van der Waals surface area contributed by atoms with Crippen molar-refractivity contribution in [3.8, 4) is 11.5 Å². The van der Waals surface area contributed by atoms with Crippen molar-refractivity contribution in [3.05, 3.63) is 24.3 Å². The van der Waals surface area contributed by atoms with Gasteiger partial charge in [0.25, 0.3) is 0 Å². The van der Waals surface area contributed by atoms with Crippen LogP contribution in [0.25, 0.3) is 0 Å². The standard InChI is InChI=1S/C10H13BO2.C10H21BO2.C4H11BO2.3CH4/c1-10(2,3)11-12-8-6-4-5-7-9(8)13-11;1-8(2,3)11-12-9(4,5)10(6,7)13-11;1-4(2,3)5(6)7;;;/h4-7H,1-3H3;1-7H3;6-7H,1-3H3;3*1H4. The summed E-state index contributed by atoms with van der Waals surface area (Å²) in [6.45, 7) is 26.3. The van der Waals surface area contributed by atoms with E-state index in [4.69, 9.17) is 28.7 Å². The number of hydrogen-bond donors (Lipinski definition) is 2. The molecule has 36 heavy (non-hydrogen) atoms. The Kier molecular flexibility index (Phi) is 14.9. The van der Waals surface area contributed by atoms with Gasteiger partial charge >= 0.3 is 21.4 Å². The molecule has 1 saturated heterocycles. The summed E-state index contributed by atoms with van der Waals surface area (Å²) in [5.41, 5.74) is -0.407. The smallest absolute Gasteiger partial charge is 0.523 e. The first-order valence-corrected chi connectivity index (χ1v) is 11.7. The van der Waals surface area contributed by atoms with Crippen molar-refractivity contribution in [2.75, 3.05) is 0 Å². The van der Waals surface area contributed by atoms with Crippen LogP contribution in [0.5, 0.6) is 11.5 Å². The van der Waals surface area contributed by atoms with E-state index in [-0.39, 0.29) is 63.7 Å². The van der Waals surface area contributed by atoms with Gasteiger partial charge in [-0.25, -0.2) is 0 Å². The lowest BCUT2D eigenvalue weighted by Crippen LogP contribution is -2.41. The van der Waals surface area contributed by atoms with Crippen LogP contribution >= 0.6 is 0 Å². The first-order chi connectivity index (χ1) is 14.6. The van der Waals surface area contributed by atoms with Crippen LogP contribution in [0.1, 0.15) is 112 Å². The van der Waals surface area contributed by atoms with E-state index < -0.39 is 7.12 Å². The molecule has 1 aromatic rings. The highest BCUT2D eigenvalue weighted by atomic mass is 16.7. The summed E-state index contributed by atoms with van der Waals surface area (Å²) < 4.78 is 23.1. The molecule has 0 saturated carbocycles. The average Bonchev–Trinajstić information content (AvgIpc) is 3.13. The summed E-state index contributed by atoms with van der Waals surface area (Å²) in [5, 5.41) is 16.6. The van der Waals surface area contributed by atoms with Crippen LogP contribution < -0.4 is 9.31 Å². The van der Waals surface area contributed by atoms with Gasteiger partial charge in [-0.15, -0.1) is 0 Å². The van der Waals surface area contributed by atoms with Crippen LogP contribution in [0.2, 0.25) is 15.9 Å². The molecule has 2 heterocycles. The molecule has 1 aromatic carbocycles. The number of fused-ring (bicyclic) bond motifs is 1. The Bertz CT molecular complexity index is 721. The molecule has 2 aliphatic heterocycles. The fourth-order valence-electron chi connectivity index (χ4n) is 2.45. The number of benzene rings is 1. The van der Waals surface area contributed by atoms with Gasteiger partial charge in [-0.2, -0.15) is 0 Å². The first kappa shape index (κ1) is 39.4. The minimum Gasteiger partial charge on any atom is -0.523 e. The molecule has 0 unspecified atom stereocenters. The number of para-hydroxylation sites is 2. The van der Waals surface area contributed by atoms with Crippen molar-refractivity contribution >= 4 is 21.4 Å². The maximum atomic E-state index is 8.44. The lowest BCUT2D eigenvalue weighted by Gasteiger charge is -2.32. The van der Waals surface area contributed by atoms with E-state index in [0.29, 0.717) is 0 Å². The fourth-order valence-corrected chi connectivity index (χ4v) is 2.45. The molecule has 6 nitrogen and oxygen atoms in total. The molecule has 0 aromatic heterocycles. The summed E-state index contributed by atoms with van der Waals surface area (Å²) in [4.78, 5) is 0. The molecule has 2 aliphatic rings. The zero-order chi connectivity index (χ0) is 26.0. The Morgan fingerprint density at radius 1 is 0.639 bits per heavy atom. The molecular weight excluding hydrogens is 453 g/mol. The van der Waals surface area contributed by atoms with Crippen molar-refractivity contribution in [1.82, 2.24) is 0 Å². The molecule has 0 spiro atoms. The molecule has 0 amide bonds. The van der Waals surface area contributed by atoms with E-state index >= 15 is 0 Å². The van der Waals surface area contributed by atoms with E-state index in [1.165, 1.54) is 0 Å². The monoisotopic (exact) mass is 510 g/mol. The summed E-state index contributed by atoms with van der Waals surface area (Å²) in [6.07, 6.45) is 0. The summed E-state index contributed by atoms with van der Waals surface area (Å²) in [6, 6.07) is 7.77. The Labute approximate surface area is 225 Å². The van der Waals surface area contributed by atoms with E-state index in [0.717, 1.165) is 11.5 Å². The number of rotatable bonds is 0. The maximum Gasteiger partial charge on any atom is 0.600 e. The molecule has 3 rings (SSSR count). The van der Waals surface area contributed by atoms with Crippen molar-refractivity contribution in [1.29, 1.82) is 0 Å². The van der Waals surface area contributed by atoms with Crippen LogP contribution in [0, 0.1) is 0 Å². The predicted molar refractivity (Wildman–Crippen MR) is 159 cm³/mol. The third kappa shape index (κ3) is 11.1. The Morgan fingerprint density at radius 2 is 0.917 bits per heavy atom. The summed E-state index contributed by atoms with van der Waals surface area (Å²) in [7, 11) is -1.46. The third-order valence-corrected chi connectivity index (χ3v) is 5.76. The van der Waals surface area contributed by atoms with E-state index in [1.54, 1.807) is 20.8 Å². The van der Waals surface area contributed by atoms with Crippen molar-refractivity contribution in [2.24, 2.45) is 0 Å². The van der Waals surface area contributed by atoms with Crippen molar-refractivity contribution < 1.29 is 28.7 Å². The SMILES string of the molecule is C.C.C.CC(C)(C)B(O)O.CC(C)(C)B1OC(C)(C)C(C)(C)O1.CC(C)(C)B1Oc2ccccc2O1. The summed E-state index contributed by atoms with van der Waals surface area (Å²) >= 11 is 0. The van der Waals surface area contributed by atoms with Crippen LogP contribution in [0.4, 0.5) is 0 Å². The molecule has 1 fully saturated rings. The zero-order valence-electron chi connectivity index (χ0n) is 23.1. The van der Waals surface area contributed by atoms with Gasteiger partial charge in [0, 0.05) is 5.31 Å². The third-order valence-electron chi connectivity index (χ3n) is 5.76. The van der Waals surface area contributed by atoms with Crippen LogP contribution in [0.3, 0.4) is 0 Å². The van der Waals surface area contributed by atoms with Gasteiger partial charge in [-0.05, 0) is 50.5 Å². The van der Waals surface area contributed by atoms with E-state index in [2.05, 4.69) is 69.2 Å². The molecular formula is C27H57B3O6. The molecule has 0 bridgehead atoms. The van der Waals surface area contributed by atoms with E-state index in [1.807, 2.05) is 24.3 Å². The minimum absolute atomic E-state index is 0. The summed E-state index contributed by atoms with van der Waals surface area (Å²) in [5.74, 6) is 1.70. The van der Waals surface area contributed by atoms with Gasteiger partial charge in [0.1, 0.15) is 11.5 Å². The van der Waals surface area contributed by atoms with Gasteiger partial charge in [-0.1, -0.05) is 96.7 Å². The molecule has 9 heteroatoms. The zero-order valence-corrected chi connectivity index (χ0v) is 23.1. The normalized spacial score (nSPS) is 17.2. The van der Waals surface area contributed by atoms with Gasteiger partial charge in [0.05, 0.1) is 11.2 Å². The quantitative estimate of drug-likeness (QED) is 0.347. The second kappa shape index (κ2) is 13.6. The second-order valence-electron chi connectivity index (χ2n) is 13.1. The highest BCUT2D eigenvalue weighted by molar-refractivity contribution is 6.51. The highest BCUT2D eigenvalue weighted by Gasteiger charge is 2.55. The van der Waals surface area contributed by atoms with Crippen LogP contribution in [0.15, 0.2) is 24.3 Å². The first-order valence-electron chi connectivity index (χ1n) is 11.7.